The van der Waals surface area contributed by atoms with Crippen LogP contribution >= 0.6 is 0 Å². The monoisotopic (exact) mass is 274 g/mol. The Bertz CT molecular complexity index is 969. The molecule has 0 atom stereocenters. The third kappa shape index (κ3) is 1.80. The van der Waals surface area contributed by atoms with Gasteiger partial charge in [-0.2, -0.15) is 0 Å². The molecule has 4 aromatic heterocycles. The molecule has 21 heavy (non-hydrogen) atoms. The summed E-state index contributed by atoms with van der Waals surface area (Å²) in [5, 5.41) is 2.20. The van der Waals surface area contributed by atoms with Crippen molar-refractivity contribution in [3.05, 3.63) is 60.0 Å². The van der Waals surface area contributed by atoms with Crippen molar-refractivity contribution in [2.24, 2.45) is 0 Å². The van der Waals surface area contributed by atoms with Gasteiger partial charge in [-0.1, -0.05) is 0 Å². The summed E-state index contributed by atoms with van der Waals surface area (Å²) in [7, 11) is 0. The summed E-state index contributed by atoms with van der Waals surface area (Å²) in [5.74, 6) is 0.854. The fourth-order valence-corrected chi connectivity index (χ4v) is 2.67. The molecule has 0 aliphatic rings. The Kier molecular flexibility index (Phi) is 2.51. The zero-order valence-electron chi connectivity index (χ0n) is 11.9. The molecule has 4 heteroatoms. The minimum atomic E-state index is 0.854. The van der Waals surface area contributed by atoms with Crippen molar-refractivity contribution >= 4 is 22.1 Å². The normalized spacial score (nSPS) is 11.3. The lowest BCUT2D eigenvalue weighted by atomic mass is 10.2. The van der Waals surface area contributed by atoms with Crippen LogP contribution in [-0.4, -0.2) is 19.5 Å². The van der Waals surface area contributed by atoms with Gasteiger partial charge in [0.25, 0.3) is 0 Å². The molecule has 4 aromatic rings. The standard InChI is InChI=1S/C17H14N4/c1-11-7-9-18-15(10-11)21-16-13(4-3-8-19-16)14-6-5-12(2)20-17(14)21/h3-10H,1-2H3. The van der Waals surface area contributed by atoms with Gasteiger partial charge < -0.3 is 0 Å². The molecule has 102 valence electrons. The average Bonchev–Trinajstić information content (AvgIpc) is 2.80. The second kappa shape index (κ2) is 4.38. The van der Waals surface area contributed by atoms with Crippen LogP contribution in [0.4, 0.5) is 0 Å². The summed E-state index contributed by atoms with van der Waals surface area (Å²) < 4.78 is 2.03. The van der Waals surface area contributed by atoms with Gasteiger partial charge in [0.2, 0.25) is 0 Å². The summed E-state index contributed by atoms with van der Waals surface area (Å²) >= 11 is 0. The van der Waals surface area contributed by atoms with Crippen LogP contribution in [0.15, 0.2) is 48.8 Å². The first-order valence-corrected chi connectivity index (χ1v) is 6.90. The Morgan fingerprint density at radius 1 is 0.857 bits per heavy atom. The molecule has 0 spiro atoms. The fraction of sp³-hybridized carbons (Fsp3) is 0.118. The quantitative estimate of drug-likeness (QED) is 0.533. The molecule has 0 aliphatic heterocycles. The van der Waals surface area contributed by atoms with Crippen LogP contribution in [0.25, 0.3) is 27.9 Å². The molecule has 0 amide bonds. The van der Waals surface area contributed by atoms with Crippen molar-refractivity contribution in [2.75, 3.05) is 0 Å². The highest BCUT2D eigenvalue weighted by molar-refractivity contribution is 6.06. The van der Waals surface area contributed by atoms with Crippen LogP contribution in [0, 0.1) is 13.8 Å². The van der Waals surface area contributed by atoms with Crippen LogP contribution in [-0.2, 0) is 0 Å². The van der Waals surface area contributed by atoms with Gasteiger partial charge in [0.05, 0.1) is 0 Å². The smallest absolute Gasteiger partial charge is 0.148 e. The predicted octanol–water partition coefficient (Wildman–Crippen LogP) is 3.59. The van der Waals surface area contributed by atoms with Gasteiger partial charge in [-0.15, -0.1) is 0 Å². The Morgan fingerprint density at radius 2 is 1.71 bits per heavy atom. The molecule has 0 bridgehead atoms. The van der Waals surface area contributed by atoms with E-state index in [9.17, 15) is 0 Å². The SMILES string of the molecule is Cc1ccnc(-n2c3ncccc3c3ccc(C)nc32)c1. The number of pyridine rings is 3. The molecular weight excluding hydrogens is 260 g/mol. The Labute approximate surface area is 122 Å². The highest BCUT2D eigenvalue weighted by Crippen LogP contribution is 2.28. The average molecular weight is 274 g/mol. The van der Waals surface area contributed by atoms with E-state index in [4.69, 9.17) is 4.98 Å². The number of fused-ring (bicyclic) bond motifs is 3. The Hall–Kier alpha value is -2.75. The topological polar surface area (TPSA) is 43.6 Å². The summed E-state index contributed by atoms with van der Waals surface area (Å²) in [5.41, 5.74) is 3.95. The van der Waals surface area contributed by atoms with E-state index in [1.54, 1.807) is 6.20 Å². The maximum atomic E-state index is 4.70. The van der Waals surface area contributed by atoms with E-state index >= 15 is 0 Å². The van der Waals surface area contributed by atoms with Gasteiger partial charge >= 0.3 is 0 Å². The first-order valence-electron chi connectivity index (χ1n) is 6.90. The zero-order valence-corrected chi connectivity index (χ0v) is 11.9. The van der Waals surface area contributed by atoms with E-state index in [0.29, 0.717) is 0 Å². The van der Waals surface area contributed by atoms with Crippen molar-refractivity contribution in [1.29, 1.82) is 0 Å². The lowest BCUT2D eigenvalue weighted by molar-refractivity contribution is 1.02. The lowest BCUT2D eigenvalue weighted by Crippen LogP contribution is -2.00. The van der Waals surface area contributed by atoms with Gasteiger partial charge in [0.15, 0.2) is 0 Å². The van der Waals surface area contributed by atoms with E-state index in [1.165, 1.54) is 5.56 Å². The van der Waals surface area contributed by atoms with Gasteiger partial charge in [0, 0.05) is 28.9 Å². The number of nitrogens with zero attached hydrogens (tertiary/aromatic N) is 4. The Morgan fingerprint density at radius 3 is 2.57 bits per heavy atom. The van der Waals surface area contributed by atoms with Crippen LogP contribution in [0.2, 0.25) is 0 Å². The van der Waals surface area contributed by atoms with Crippen LogP contribution in [0.3, 0.4) is 0 Å². The summed E-state index contributed by atoms with van der Waals surface area (Å²) in [6.45, 7) is 4.06. The van der Waals surface area contributed by atoms with E-state index in [1.807, 2.05) is 35.9 Å². The molecular formula is C17H14N4. The van der Waals surface area contributed by atoms with Crippen molar-refractivity contribution in [3.8, 4) is 5.82 Å². The van der Waals surface area contributed by atoms with Gasteiger partial charge in [-0.3, -0.25) is 4.57 Å². The van der Waals surface area contributed by atoms with E-state index in [0.717, 1.165) is 33.6 Å². The van der Waals surface area contributed by atoms with E-state index in [-0.39, 0.29) is 0 Å². The summed E-state index contributed by atoms with van der Waals surface area (Å²) in [6.07, 6.45) is 3.63. The summed E-state index contributed by atoms with van der Waals surface area (Å²) in [6, 6.07) is 12.2. The third-order valence-corrected chi connectivity index (χ3v) is 3.64. The number of hydrogen-bond acceptors (Lipinski definition) is 3. The lowest BCUT2D eigenvalue weighted by Gasteiger charge is -2.06. The fourth-order valence-electron chi connectivity index (χ4n) is 2.67. The van der Waals surface area contributed by atoms with Gasteiger partial charge in [-0.25, -0.2) is 15.0 Å². The molecule has 0 fully saturated rings. The first-order chi connectivity index (χ1) is 10.2. The molecule has 4 heterocycles. The zero-order chi connectivity index (χ0) is 14.4. The maximum absolute atomic E-state index is 4.70. The molecule has 0 saturated carbocycles. The highest BCUT2D eigenvalue weighted by atomic mass is 15.1. The second-order valence-corrected chi connectivity index (χ2v) is 5.23. The van der Waals surface area contributed by atoms with Crippen molar-refractivity contribution in [2.45, 2.75) is 13.8 Å². The second-order valence-electron chi connectivity index (χ2n) is 5.23. The molecule has 4 rings (SSSR count). The summed E-state index contributed by atoms with van der Waals surface area (Å²) in [4.78, 5) is 13.7. The molecule has 0 saturated heterocycles. The van der Waals surface area contributed by atoms with Crippen molar-refractivity contribution in [1.82, 2.24) is 19.5 Å². The van der Waals surface area contributed by atoms with E-state index < -0.39 is 0 Å². The molecule has 0 radical (unpaired) electrons. The first kappa shape index (κ1) is 12.0. The Balaban J connectivity index is 2.21. The molecule has 4 nitrogen and oxygen atoms in total. The third-order valence-electron chi connectivity index (χ3n) is 3.64. The molecule has 0 aliphatic carbocycles. The number of aryl methyl sites for hydroxylation is 2. The number of aromatic nitrogens is 4. The maximum Gasteiger partial charge on any atom is 0.148 e. The van der Waals surface area contributed by atoms with Crippen molar-refractivity contribution < 1.29 is 0 Å². The number of hydrogen-bond donors (Lipinski definition) is 0. The van der Waals surface area contributed by atoms with Crippen LogP contribution in [0.1, 0.15) is 11.3 Å². The molecule has 0 unspecified atom stereocenters. The van der Waals surface area contributed by atoms with Crippen LogP contribution in [0.5, 0.6) is 0 Å². The largest absolute Gasteiger partial charge is 0.261 e. The van der Waals surface area contributed by atoms with E-state index in [2.05, 4.69) is 35.1 Å². The highest BCUT2D eigenvalue weighted by Gasteiger charge is 2.14. The van der Waals surface area contributed by atoms with Gasteiger partial charge in [-0.05, 0) is 55.8 Å². The minimum absolute atomic E-state index is 0.854. The molecule has 0 aromatic carbocycles. The van der Waals surface area contributed by atoms with Gasteiger partial charge in [0.1, 0.15) is 17.1 Å². The van der Waals surface area contributed by atoms with Crippen LogP contribution < -0.4 is 0 Å². The van der Waals surface area contributed by atoms with Crippen molar-refractivity contribution in [3.63, 3.8) is 0 Å². The predicted molar refractivity (Wildman–Crippen MR) is 83.6 cm³/mol. The molecule has 0 N–H and O–H groups in total. The minimum Gasteiger partial charge on any atom is -0.261 e. The number of rotatable bonds is 1.